The molecular formula is C16H12N2O2S2. The van der Waals surface area contributed by atoms with Gasteiger partial charge in [0.05, 0.1) is 17.7 Å². The van der Waals surface area contributed by atoms with Gasteiger partial charge in [-0.2, -0.15) is 0 Å². The van der Waals surface area contributed by atoms with Crippen molar-refractivity contribution in [3.63, 3.8) is 0 Å². The van der Waals surface area contributed by atoms with Crippen LogP contribution in [0.4, 0.5) is 5.69 Å². The molecule has 1 amide bonds. The predicted molar refractivity (Wildman–Crippen MR) is 92.9 cm³/mol. The maximum atomic E-state index is 12.6. The Morgan fingerprint density at radius 3 is 2.77 bits per heavy atom. The molecular weight excluding hydrogens is 316 g/mol. The van der Waals surface area contributed by atoms with E-state index in [1.54, 1.807) is 25.6 Å². The first-order valence-corrected chi connectivity index (χ1v) is 7.73. The molecule has 0 atom stereocenters. The Hall–Kier alpha value is -2.18. The normalized spacial score (nSPS) is 16.4. The Morgan fingerprint density at radius 2 is 2.05 bits per heavy atom. The summed E-state index contributed by atoms with van der Waals surface area (Å²) in [6.07, 6.45) is 5.20. The van der Waals surface area contributed by atoms with Crippen molar-refractivity contribution in [1.82, 2.24) is 4.98 Å². The molecule has 3 rings (SSSR count). The summed E-state index contributed by atoms with van der Waals surface area (Å²) in [5.74, 6) is 0.560. The van der Waals surface area contributed by atoms with Crippen LogP contribution in [-0.4, -0.2) is 22.3 Å². The number of carbonyl (C=O) groups excluding carboxylic acids is 1. The number of thioether (sulfide) groups is 1. The molecule has 2 heterocycles. The van der Waals surface area contributed by atoms with E-state index >= 15 is 0 Å². The molecule has 1 fully saturated rings. The standard InChI is InChI=1S/C16H12N2O2S2/c1-20-13-4-2-3-12(10-13)18-15(19)14(22-16(18)21)9-11-5-7-17-8-6-11/h2-10H,1H3. The number of hydrogen-bond donors (Lipinski definition) is 0. The van der Waals surface area contributed by atoms with Crippen LogP contribution >= 0.6 is 24.0 Å². The van der Waals surface area contributed by atoms with E-state index in [1.807, 2.05) is 36.4 Å². The number of methoxy groups -OCH3 is 1. The van der Waals surface area contributed by atoms with E-state index in [0.29, 0.717) is 20.7 Å². The minimum absolute atomic E-state index is 0.125. The number of thiocarbonyl (C=S) groups is 1. The van der Waals surface area contributed by atoms with E-state index in [4.69, 9.17) is 17.0 Å². The third kappa shape index (κ3) is 2.88. The van der Waals surface area contributed by atoms with Crippen LogP contribution in [0.15, 0.2) is 53.7 Å². The first-order chi connectivity index (χ1) is 10.7. The van der Waals surface area contributed by atoms with E-state index in [0.717, 1.165) is 5.56 Å². The highest BCUT2D eigenvalue weighted by atomic mass is 32.2. The second-order valence-corrected chi connectivity index (χ2v) is 6.17. The summed E-state index contributed by atoms with van der Waals surface area (Å²) in [6.45, 7) is 0. The molecule has 0 bridgehead atoms. The average molecular weight is 328 g/mol. The molecule has 0 N–H and O–H groups in total. The number of nitrogens with zero attached hydrogens (tertiary/aromatic N) is 2. The predicted octanol–water partition coefficient (Wildman–Crippen LogP) is 3.50. The molecule has 1 aliphatic heterocycles. The van der Waals surface area contributed by atoms with Gasteiger partial charge in [0, 0.05) is 18.5 Å². The highest BCUT2D eigenvalue weighted by Crippen LogP contribution is 2.36. The van der Waals surface area contributed by atoms with Gasteiger partial charge in [0.2, 0.25) is 0 Å². The molecule has 6 heteroatoms. The zero-order chi connectivity index (χ0) is 15.5. The number of amides is 1. The molecule has 1 aromatic carbocycles. The SMILES string of the molecule is COc1cccc(N2C(=O)C(=Cc3ccncc3)SC2=S)c1. The molecule has 0 aliphatic carbocycles. The van der Waals surface area contributed by atoms with Gasteiger partial charge in [-0.3, -0.25) is 14.7 Å². The Morgan fingerprint density at radius 1 is 1.27 bits per heavy atom. The van der Waals surface area contributed by atoms with Crippen LogP contribution in [0.3, 0.4) is 0 Å². The molecule has 1 aliphatic rings. The summed E-state index contributed by atoms with van der Waals surface area (Å²) in [4.78, 5) is 18.7. The highest BCUT2D eigenvalue weighted by Gasteiger charge is 2.33. The lowest BCUT2D eigenvalue weighted by Crippen LogP contribution is -2.27. The summed E-state index contributed by atoms with van der Waals surface area (Å²) >= 11 is 6.64. The lowest BCUT2D eigenvalue weighted by Gasteiger charge is -2.15. The second-order valence-electron chi connectivity index (χ2n) is 4.50. The smallest absolute Gasteiger partial charge is 0.270 e. The maximum absolute atomic E-state index is 12.6. The molecule has 0 unspecified atom stereocenters. The van der Waals surface area contributed by atoms with Crippen LogP contribution in [0.1, 0.15) is 5.56 Å². The van der Waals surface area contributed by atoms with Crippen LogP contribution < -0.4 is 9.64 Å². The first kappa shape index (κ1) is 14.7. The fourth-order valence-corrected chi connectivity index (χ4v) is 3.35. The summed E-state index contributed by atoms with van der Waals surface area (Å²) in [7, 11) is 1.59. The number of carbonyl (C=O) groups is 1. The number of pyridine rings is 1. The number of ether oxygens (including phenoxy) is 1. The Labute approximate surface area is 137 Å². The summed E-state index contributed by atoms with van der Waals surface area (Å²) in [6, 6.07) is 11.0. The molecule has 0 saturated carbocycles. The molecule has 2 aromatic rings. The molecule has 22 heavy (non-hydrogen) atoms. The van der Waals surface area contributed by atoms with Gasteiger partial charge in [-0.25, -0.2) is 0 Å². The third-order valence-corrected chi connectivity index (χ3v) is 4.41. The van der Waals surface area contributed by atoms with Gasteiger partial charge in [-0.1, -0.05) is 30.0 Å². The van der Waals surface area contributed by atoms with Crippen molar-refractivity contribution in [3.8, 4) is 5.75 Å². The number of aromatic nitrogens is 1. The monoisotopic (exact) mass is 328 g/mol. The topological polar surface area (TPSA) is 42.4 Å². The van der Waals surface area contributed by atoms with Crippen molar-refractivity contribution in [2.45, 2.75) is 0 Å². The van der Waals surface area contributed by atoms with Crippen molar-refractivity contribution in [1.29, 1.82) is 0 Å². The largest absolute Gasteiger partial charge is 0.497 e. The summed E-state index contributed by atoms with van der Waals surface area (Å²) in [5.41, 5.74) is 1.63. The third-order valence-electron chi connectivity index (χ3n) is 3.11. The lowest BCUT2D eigenvalue weighted by molar-refractivity contribution is -0.113. The van der Waals surface area contributed by atoms with Crippen LogP contribution in [0, 0.1) is 0 Å². The van der Waals surface area contributed by atoms with E-state index in [1.165, 1.54) is 16.7 Å². The van der Waals surface area contributed by atoms with Crippen LogP contribution in [0.25, 0.3) is 6.08 Å². The number of hydrogen-bond acceptors (Lipinski definition) is 5. The van der Waals surface area contributed by atoms with Gasteiger partial charge in [0.25, 0.3) is 5.91 Å². The quantitative estimate of drug-likeness (QED) is 0.637. The number of rotatable bonds is 3. The van der Waals surface area contributed by atoms with Gasteiger partial charge in [0.15, 0.2) is 4.32 Å². The molecule has 110 valence electrons. The molecule has 0 spiro atoms. The average Bonchev–Trinajstić information content (AvgIpc) is 2.82. The molecule has 1 saturated heterocycles. The Kier molecular flexibility index (Phi) is 4.22. The fourth-order valence-electron chi connectivity index (χ4n) is 2.05. The van der Waals surface area contributed by atoms with Crippen molar-refractivity contribution in [3.05, 3.63) is 59.3 Å². The van der Waals surface area contributed by atoms with E-state index < -0.39 is 0 Å². The van der Waals surface area contributed by atoms with Crippen molar-refractivity contribution < 1.29 is 9.53 Å². The minimum atomic E-state index is -0.125. The van der Waals surface area contributed by atoms with Crippen LogP contribution in [0.5, 0.6) is 5.75 Å². The van der Waals surface area contributed by atoms with Gasteiger partial charge < -0.3 is 4.74 Å². The Balaban J connectivity index is 1.93. The molecule has 0 radical (unpaired) electrons. The fraction of sp³-hybridized carbons (Fsp3) is 0.0625. The van der Waals surface area contributed by atoms with Gasteiger partial charge in [-0.15, -0.1) is 0 Å². The zero-order valence-electron chi connectivity index (χ0n) is 11.7. The van der Waals surface area contributed by atoms with Crippen LogP contribution in [-0.2, 0) is 4.79 Å². The zero-order valence-corrected chi connectivity index (χ0v) is 13.4. The number of anilines is 1. The molecule has 4 nitrogen and oxygen atoms in total. The van der Waals surface area contributed by atoms with E-state index in [-0.39, 0.29) is 5.91 Å². The van der Waals surface area contributed by atoms with E-state index in [9.17, 15) is 4.79 Å². The van der Waals surface area contributed by atoms with Gasteiger partial charge in [0.1, 0.15) is 5.75 Å². The van der Waals surface area contributed by atoms with Gasteiger partial charge in [-0.05, 0) is 35.9 Å². The van der Waals surface area contributed by atoms with Crippen LogP contribution in [0.2, 0.25) is 0 Å². The first-order valence-electron chi connectivity index (χ1n) is 6.51. The number of benzene rings is 1. The van der Waals surface area contributed by atoms with E-state index in [2.05, 4.69) is 4.98 Å². The lowest BCUT2D eigenvalue weighted by atomic mass is 10.2. The Bertz CT molecular complexity index is 760. The second kappa shape index (κ2) is 6.29. The van der Waals surface area contributed by atoms with Gasteiger partial charge >= 0.3 is 0 Å². The molecule has 1 aromatic heterocycles. The highest BCUT2D eigenvalue weighted by molar-refractivity contribution is 8.27. The minimum Gasteiger partial charge on any atom is -0.497 e. The summed E-state index contributed by atoms with van der Waals surface area (Å²) < 4.78 is 5.71. The van der Waals surface area contributed by atoms with Crippen molar-refractivity contribution in [2.24, 2.45) is 0 Å². The van der Waals surface area contributed by atoms with Crippen molar-refractivity contribution in [2.75, 3.05) is 12.0 Å². The van der Waals surface area contributed by atoms with Crippen molar-refractivity contribution >= 4 is 46.0 Å². The maximum Gasteiger partial charge on any atom is 0.270 e. The summed E-state index contributed by atoms with van der Waals surface area (Å²) in [5, 5.41) is 0.